The van der Waals surface area contributed by atoms with Crippen LogP contribution in [0.15, 0.2) is 18.5 Å². The number of halogens is 1. The quantitative estimate of drug-likeness (QED) is 0.329. The highest BCUT2D eigenvalue weighted by atomic mass is 35.5. The molecule has 0 aliphatic carbocycles. The van der Waals surface area contributed by atoms with Crippen LogP contribution in [0.3, 0.4) is 0 Å². The molecule has 10 heavy (non-hydrogen) atoms. The molecule has 1 rings (SSSR count). The van der Waals surface area contributed by atoms with E-state index in [1.165, 1.54) is 11.1 Å². The van der Waals surface area contributed by atoms with Gasteiger partial charge < -0.3 is 5.73 Å². The van der Waals surface area contributed by atoms with Gasteiger partial charge >= 0.3 is 0 Å². The Kier molecular flexibility index (Phi) is 4.32. The van der Waals surface area contributed by atoms with Crippen molar-refractivity contribution in [1.29, 1.82) is 5.41 Å². The summed E-state index contributed by atoms with van der Waals surface area (Å²) in [5.41, 5.74) is 5.04. The number of hydrogen-bond acceptors (Lipinski definition) is 2. The van der Waals surface area contributed by atoms with Gasteiger partial charge in [0, 0.05) is 18.8 Å². The molecule has 1 aromatic rings. The maximum absolute atomic E-state index is 6.83. The molecule has 0 aliphatic heterocycles. The van der Waals surface area contributed by atoms with Crippen LogP contribution in [0, 0.1) is 5.41 Å². The lowest BCUT2D eigenvalue weighted by atomic mass is 10.7. The molecule has 0 saturated carbocycles. The van der Waals surface area contributed by atoms with Crippen LogP contribution < -0.4 is 5.73 Å². The molecule has 1 heterocycles. The number of nitrogens with zero attached hydrogens (tertiary/aromatic N) is 2. The minimum absolute atomic E-state index is 0.0602. The fraction of sp³-hybridized carbons (Fsp3) is 0.200. The van der Waals surface area contributed by atoms with Gasteiger partial charge in [-0.2, -0.15) is 5.10 Å². The fourth-order valence-electron chi connectivity index (χ4n) is 0.411. The van der Waals surface area contributed by atoms with Gasteiger partial charge in [0.25, 0.3) is 0 Å². The summed E-state index contributed by atoms with van der Waals surface area (Å²) >= 11 is 4.64. The van der Waals surface area contributed by atoms with Gasteiger partial charge in [0.05, 0.1) is 0 Å². The molecule has 56 valence electrons. The minimum atomic E-state index is -0.0602. The lowest BCUT2D eigenvalue weighted by Gasteiger charge is -1.91. The number of aromatic nitrogens is 2. The Labute approximate surface area is 64.1 Å². The van der Waals surface area contributed by atoms with Crippen LogP contribution in [-0.2, 0) is 0 Å². The Bertz CT molecular complexity index is 182. The second kappa shape index (κ2) is 4.81. The largest absolute Gasteiger partial charge is 0.368 e. The highest BCUT2D eigenvalue weighted by Gasteiger charge is 1.87. The first-order valence-corrected chi connectivity index (χ1v) is 3.28. The van der Waals surface area contributed by atoms with Gasteiger partial charge in [0.15, 0.2) is 0 Å². The van der Waals surface area contributed by atoms with Crippen molar-refractivity contribution in [3.63, 3.8) is 0 Å². The Hall–Kier alpha value is -1.03. The third-order valence-corrected chi connectivity index (χ3v) is 0.751. The Morgan fingerprint density at radius 3 is 2.50 bits per heavy atom. The van der Waals surface area contributed by atoms with Crippen molar-refractivity contribution in [3.8, 4) is 0 Å². The smallest absolute Gasteiger partial charge is 0.213 e. The first-order valence-electron chi connectivity index (χ1n) is 2.52. The number of hydrogen-bond donors (Lipinski definition) is 2. The maximum atomic E-state index is 6.83. The van der Waals surface area contributed by atoms with Crippen LogP contribution in [0.1, 0.15) is 0 Å². The molecule has 0 radical (unpaired) electrons. The van der Waals surface area contributed by atoms with Gasteiger partial charge in [0.2, 0.25) is 5.96 Å². The lowest BCUT2D eigenvalue weighted by Crippen LogP contribution is -2.20. The predicted octanol–water partition coefficient (Wildman–Crippen LogP) is 0.480. The second-order valence-electron chi connectivity index (χ2n) is 1.34. The average Bonchev–Trinajstić information content (AvgIpc) is 2.42. The molecule has 1 aromatic heterocycles. The summed E-state index contributed by atoms with van der Waals surface area (Å²) in [6, 6.07) is 1.71. The van der Waals surface area contributed by atoms with Gasteiger partial charge in [0.1, 0.15) is 0 Å². The first kappa shape index (κ1) is 8.97. The summed E-state index contributed by atoms with van der Waals surface area (Å²) in [4.78, 5) is 0. The molecule has 0 bridgehead atoms. The normalized spacial score (nSPS) is 7.80. The topological polar surface area (TPSA) is 67.7 Å². The molecule has 0 aromatic carbocycles. The SMILES string of the molecule is CCl.N=C(N)n1cccn1. The van der Waals surface area contributed by atoms with Crippen molar-refractivity contribution >= 4 is 17.6 Å². The van der Waals surface area contributed by atoms with Crippen LogP contribution in [0.5, 0.6) is 0 Å². The number of nitrogens with two attached hydrogens (primary N) is 1. The summed E-state index contributed by atoms with van der Waals surface area (Å²) in [6.45, 7) is 0. The van der Waals surface area contributed by atoms with E-state index in [1.54, 1.807) is 18.5 Å². The monoisotopic (exact) mass is 160 g/mol. The number of nitrogens with one attached hydrogen (secondary N) is 1. The molecule has 4 nitrogen and oxygen atoms in total. The molecule has 0 saturated heterocycles. The predicted molar refractivity (Wildman–Crippen MR) is 41.3 cm³/mol. The molecule has 0 unspecified atom stereocenters. The zero-order chi connectivity index (χ0) is 7.98. The molecule has 3 N–H and O–H groups in total. The standard InChI is InChI=1S/C4H6N4.CH3Cl/c5-4(6)8-3-1-2-7-8;1-2/h1-3H,(H3,5,6);1H3. The molecule has 0 atom stereocenters. The van der Waals surface area contributed by atoms with E-state index in [4.69, 9.17) is 11.1 Å². The zero-order valence-electron chi connectivity index (χ0n) is 5.58. The molecular weight excluding hydrogens is 152 g/mol. The maximum Gasteiger partial charge on any atom is 0.213 e. The van der Waals surface area contributed by atoms with E-state index in [1.807, 2.05) is 0 Å². The van der Waals surface area contributed by atoms with Crippen molar-refractivity contribution in [1.82, 2.24) is 9.78 Å². The molecule has 0 spiro atoms. The summed E-state index contributed by atoms with van der Waals surface area (Å²) in [5, 5.41) is 10.5. The Morgan fingerprint density at radius 2 is 2.30 bits per heavy atom. The second-order valence-corrected chi connectivity index (χ2v) is 1.34. The van der Waals surface area contributed by atoms with Crippen LogP contribution in [0.25, 0.3) is 0 Å². The van der Waals surface area contributed by atoms with E-state index in [9.17, 15) is 0 Å². The molecule has 0 amide bonds. The van der Waals surface area contributed by atoms with E-state index in [0.717, 1.165) is 0 Å². The van der Waals surface area contributed by atoms with Gasteiger partial charge in [-0.15, -0.1) is 11.6 Å². The summed E-state index contributed by atoms with van der Waals surface area (Å²) in [7, 11) is 0. The van der Waals surface area contributed by atoms with E-state index < -0.39 is 0 Å². The minimum Gasteiger partial charge on any atom is -0.368 e. The van der Waals surface area contributed by atoms with Crippen LogP contribution >= 0.6 is 11.6 Å². The third kappa shape index (κ3) is 2.50. The van der Waals surface area contributed by atoms with Crippen molar-refractivity contribution in [2.45, 2.75) is 0 Å². The zero-order valence-corrected chi connectivity index (χ0v) is 6.34. The third-order valence-electron chi connectivity index (χ3n) is 0.751. The average molecular weight is 161 g/mol. The lowest BCUT2D eigenvalue weighted by molar-refractivity contribution is 0.912. The van der Waals surface area contributed by atoms with Crippen LogP contribution in [0.4, 0.5) is 0 Å². The van der Waals surface area contributed by atoms with E-state index >= 15 is 0 Å². The summed E-state index contributed by atoms with van der Waals surface area (Å²) in [6.07, 6.45) is 4.66. The number of rotatable bonds is 0. The highest BCUT2D eigenvalue weighted by molar-refractivity contribution is 6.15. The Morgan fingerprint density at radius 1 is 1.70 bits per heavy atom. The van der Waals surface area contributed by atoms with Crippen LogP contribution in [-0.4, -0.2) is 22.1 Å². The van der Waals surface area contributed by atoms with Crippen LogP contribution in [0.2, 0.25) is 0 Å². The van der Waals surface area contributed by atoms with Gasteiger partial charge in [-0.25, -0.2) is 4.68 Å². The van der Waals surface area contributed by atoms with Crippen molar-refractivity contribution in [2.75, 3.05) is 6.38 Å². The van der Waals surface area contributed by atoms with Crippen molar-refractivity contribution < 1.29 is 0 Å². The highest BCUT2D eigenvalue weighted by Crippen LogP contribution is 1.77. The molecule has 0 aliphatic rings. The van der Waals surface area contributed by atoms with E-state index in [2.05, 4.69) is 16.7 Å². The fourth-order valence-corrected chi connectivity index (χ4v) is 0.411. The molecule has 5 heteroatoms. The summed E-state index contributed by atoms with van der Waals surface area (Å²) < 4.78 is 1.28. The molecule has 0 fully saturated rings. The first-order chi connectivity index (χ1) is 4.80. The van der Waals surface area contributed by atoms with E-state index in [0.29, 0.717) is 0 Å². The van der Waals surface area contributed by atoms with E-state index in [-0.39, 0.29) is 5.96 Å². The number of nitrogen functional groups attached to an aromatic ring is 1. The Balaban J connectivity index is 0.000000371. The van der Waals surface area contributed by atoms with Crippen molar-refractivity contribution in [3.05, 3.63) is 18.5 Å². The van der Waals surface area contributed by atoms with Gasteiger partial charge in [-0.1, -0.05) is 0 Å². The van der Waals surface area contributed by atoms with Gasteiger partial charge in [-0.3, -0.25) is 5.41 Å². The summed E-state index contributed by atoms with van der Waals surface area (Å²) in [5.74, 6) is -0.0602. The molecular formula is C5H9ClN4. The van der Waals surface area contributed by atoms with Gasteiger partial charge in [-0.05, 0) is 6.07 Å². The van der Waals surface area contributed by atoms with Crippen molar-refractivity contribution in [2.24, 2.45) is 5.73 Å². The number of alkyl halides is 1.